The molecular formula is C14H18Cl3N. The van der Waals surface area contributed by atoms with E-state index in [1.165, 1.54) is 0 Å². The number of hydrogen-bond donors (Lipinski definition) is 1. The molecule has 0 unspecified atom stereocenters. The normalized spacial score (nSPS) is 12.9. The number of rotatable bonds is 3. The molecule has 0 amide bonds. The molecular weight excluding hydrogens is 289 g/mol. The van der Waals surface area contributed by atoms with Gasteiger partial charge in [0.15, 0.2) is 0 Å². The third-order valence-electron chi connectivity index (χ3n) is 2.37. The molecule has 1 nitrogen and oxygen atoms in total. The summed E-state index contributed by atoms with van der Waals surface area (Å²) in [6.07, 6.45) is 1.97. The fourth-order valence-electron chi connectivity index (χ4n) is 1.38. The maximum absolute atomic E-state index is 6.15. The third-order valence-corrected chi connectivity index (χ3v) is 3.52. The minimum absolute atomic E-state index is 0.0804. The predicted molar refractivity (Wildman–Crippen MR) is 82.9 cm³/mol. The van der Waals surface area contributed by atoms with Gasteiger partial charge < -0.3 is 5.32 Å². The average Bonchev–Trinajstić information content (AvgIpc) is 2.26. The van der Waals surface area contributed by atoms with E-state index >= 15 is 0 Å². The standard InChI is InChI=1S/C14H18Cl3N/c1-9(8-18-14(2,3)4)7-10-11(15)5-6-12(16)13(10)17/h5-7,18H,8H2,1-4H3/b9-7-. The summed E-state index contributed by atoms with van der Waals surface area (Å²) in [6.45, 7) is 9.19. The van der Waals surface area contributed by atoms with Crippen molar-refractivity contribution in [3.05, 3.63) is 38.3 Å². The van der Waals surface area contributed by atoms with Gasteiger partial charge in [-0.05, 0) is 39.8 Å². The van der Waals surface area contributed by atoms with E-state index in [-0.39, 0.29) is 5.54 Å². The van der Waals surface area contributed by atoms with Gasteiger partial charge in [0.2, 0.25) is 0 Å². The van der Waals surface area contributed by atoms with Crippen LogP contribution in [0.5, 0.6) is 0 Å². The van der Waals surface area contributed by atoms with Gasteiger partial charge in [-0.15, -0.1) is 0 Å². The molecule has 100 valence electrons. The quantitative estimate of drug-likeness (QED) is 0.733. The highest BCUT2D eigenvalue weighted by molar-refractivity contribution is 6.44. The molecule has 1 aromatic rings. The van der Waals surface area contributed by atoms with Gasteiger partial charge in [-0.3, -0.25) is 0 Å². The van der Waals surface area contributed by atoms with Crippen molar-refractivity contribution in [1.82, 2.24) is 5.32 Å². The van der Waals surface area contributed by atoms with Crippen LogP contribution in [0.25, 0.3) is 6.08 Å². The molecule has 0 atom stereocenters. The number of hydrogen-bond acceptors (Lipinski definition) is 1. The monoisotopic (exact) mass is 305 g/mol. The van der Waals surface area contributed by atoms with Crippen LogP contribution in [0, 0.1) is 0 Å². The van der Waals surface area contributed by atoms with E-state index in [1.54, 1.807) is 12.1 Å². The van der Waals surface area contributed by atoms with Crippen molar-refractivity contribution in [3.63, 3.8) is 0 Å². The smallest absolute Gasteiger partial charge is 0.0679 e. The average molecular weight is 307 g/mol. The molecule has 0 bridgehead atoms. The summed E-state index contributed by atoms with van der Waals surface area (Å²) in [6, 6.07) is 3.46. The Morgan fingerprint density at radius 2 is 1.72 bits per heavy atom. The van der Waals surface area contributed by atoms with Crippen molar-refractivity contribution in [1.29, 1.82) is 0 Å². The lowest BCUT2D eigenvalue weighted by molar-refractivity contribution is 0.445. The minimum Gasteiger partial charge on any atom is -0.308 e. The SMILES string of the molecule is C/C(=C/c1c(Cl)ccc(Cl)c1Cl)CNC(C)(C)C. The Labute approximate surface area is 124 Å². The van der Waals surface area contributed by atoms with Crippen molar-refractivity contribution in [2.45, 2.75) is 33.2 Å². The topological polar surface area (TPSA) is 12.0 Å². The van der Waals surface area contributed by atoms with E-state index in [0.717, 1.165) is 17.7 Å². The van der Waals surface area contributed by atoms with E-state index in [1.807, 2.05) is 13.0 Å². The largest absolute Gasteiger partial charge is 0.308 e. The summed E-state index contributed by atoms with van der Waals surface area (Å²) in [4.78, 5) is 0. The molecule has 1 rings (SSSR count). The molecule has 0 fully saturated rings. The first-order chi connectivity index (χ1) is 8.20. The van der Waals surface area contributed by atoms with Gasteiger partial charge in [-0.25, -0.2) is 0 Å². The molecule has 18 heavy (non-hydrogen) atoms. The molecule has 0 saturated heterocycles. The van der Waals surface area contributed by atoms with Crippen LogP contribution in [-0.2, 0) is 0 Å². The van der Waals surface area contributed by atoms with E-state index in [4.69, 9.17) is 34.8 Å². The maximum Gasteiger partial charge on any atom is 0.0679 e. The first kappa shape index (κ1) is 15.8. The Bertz CT molecular complexity index is 459. The Balaban J connectivity index is 2.92. The van der Waals surface area contributed by atoms with Gasteiger partial charge >= 0.3 is 0 Å². The fourth-order valence-corrected chi connectivity index (χ4v) is 2.02. The zero-order chi connectivity index (χ0) is 13.9. The Hall–Kier alpha value is -0.210. The zero-order valence-electron chi connectivity index (χ0n) is 11.1. The Kier molecular flexibility index (Phi) is 5.54. The third kappa shape index (κ3) is 4.81. The summed E-state index contributed by atoms with van der Waals surface area (Å²) in [7, 11) is 0. The van der Waals surface area contributed by atoms with Crippen LogP contribution in [0.2, 0.25) is 15.1 Å². The summed E-state index contributed by atoms with van der Waals surface area (Å²) >= 11 is 18.3. The maximum atomic E-state index is 6.15. The van der Waals surface area contributed by atoms with Crippen molar-refractivity contribution >= 4 is 40.9 Å². The lowest BCUT2D eigenvalue weighted by atomic mass is 10.1. The highest BCUT2D eigenvalue weighted by Crippen LogP contribution is 2.32. The molecule has 0 radical (unpaired) electrons. The molecule has 1 N–H and O–H groups in total. The highest BCUT2D eigenvalue weighted by atomic mass is 35.5. The van der Waals surface area contributed by atoms with Crippen LogP contribution in [0.1, 0.15) is 33.3 Å². The lowest BCUT2D eigenvalue weighted by Gasteiger charge is -2.20. The van der Waals surface area contributed by atoms with Crippen LogP contribution >= 0.6 is 34.8 Å². The van der Waals surface area contributed by atoms with E-state index < -0.39 is 0 Å². The van der Waals surface area contributed by atoms with E-state index in [9.17, 15) is 0 Å². The van der Waals surface area contributed by atoms with Crippen LogP contribution in [-0.4, -0.2) is 12.1 Å². The molecule has 0 aliphatic rings. The number of benzene rings is 1. The highest BCUT2D eigenvalue weighted by Gasteiger charge is 2.10. The summed E-state index contributed by atoms with van der Waals surface area (Å²) in [5.41, 5.74) is 2.01. The van der Waals surface area contributed by atoms with Gasteiger partial charge in [-0.2, -0.15) is 0 Å². The summed E-state index contributed by atoms with van der Waals surface area (Å²) < 4.78 is 0. The second-order valence-corrected chi connectivity index (χ2v) is 6.54. The molecule has 0 spiro atoms. The second-order valence-electron chi connectivity index (χ2n) is 5.35. The van der Waals surface area contributed by atoms with Crippen LogP contribution in [0.3, 0.4) is 0 Å². The number of halogens is 3. The van der Waals surface area contributed by atoms with Crippen molar-refractivity contribution in [2.75, 3.05) is 6.54 Å². The van der Waals surface area contributed by atoms with Crippen molar-refractivity contribution in [3.8, 4) is 0 Å². The predicted octanol–water partition coefficient (Wildman–Crippen LogP) is 5.44. The molecule has 4 heteroatoms. The van der Waals surface area contributed by atoms with Gasteiger partial charge in [0.05, 0.1) is 10.0 Å². The Morgan fingerprint density at radius 1 is 1.17 bits per heavy atom. The second kappa shape index (κ2) is 6.29. The van der Waals surface area contributed by atoms with Crippen LogP contribution < -0.4 is 5.32 Å². The van der Waals surface area contributed by atoms with Crippen molar-refractivity contribution < 1.29 is 0 Å². The first-order valence-electron chi connectivity index (χ1n) is 5.76. The van der Waals surface area contributed by atoms with Gasteiger partial charge in [0.1, 0.15) is 0 Å². The first-order valence-corrected chi connectivity index (χ1v) is 6.90. The van der Waals surface area contributed by atoms with Crippen LogP contribution in [0.15, 0.2) is 17.7 Å². The zero-order valence-corrected chi connectivity index (χ0v) is 13.3. The van der Waals surface area contributed by atoms with Gasteiger partial charge in [0, 0.05) is 22.7 Å². The van der Waals surface area contributed by atoms with Gasteiger partial charge in [0.25, 0.3) is 0 Å². The summed E-state index contributed by atoms with van der Waals surface area (Å²) in [5, 5.41) is 5.04. The molecule has 0 aliphatic carbocycles. The molecule has 0 aliphatic heterocycles. The van der Waals surface area contributed by atoms with Gasteiger partial charge in [-0.1, -0.05) is 46.5 Å². The molecule has 0 aromatic heterocycles. The Morgan fingerprint density at radius 3 is 2.28 bits per heavy atom. The van der Waals surface area contributed by atoms with Crippen LogP contribution in [0.4, 0.5) is 0 Å². The lowest BCUT2D eigenvalue weighted by Crippen LogP contribution is -2.36. The summed E-state index contributed by atoms with van der Waals surface area (Å²) in [5.74, 6) is 0. The number of nitrogens with one attached hydrogen (secondary N) is 1. The fraction of sp³-hybridized carbons (Fsp3) is 0.429. The minimum atomic E-state index is 0.0804. The van der Waals surface area contributed by atoms with E-state index in [0.29, 0.717) is 15.1 Å². The molecule has 1 aromatic carbocycles. The molecule has 0 heterocycles. The molecule has 0 saturated carbocycles. The van der Waals surface area contributed by atoms with Crippen molar-refractivity contribution in [2.24, 2.45) is 0 Å². The van der Waals surface area contributed by atoms with E-state index in [2.05, 4.69) is 26.1 Å².